The Morgan fingerprint density at radius 1 is 1.30 bits per heavy atom. The summed E-state index contributed by atoms with van der Waals surface area (Å²) in [5.74, 6) is 2.09. The number of nitrogens with two attached hydrogens (primary N) is 1. The lowest BCUT2D eigenvalue weighted by molar-refractivity contribution is 0.320. The number of aromatic nitrogens is 2. The van der Waals surface area contributed by atoms with Crippen LogP contribution in [0.5, 0.6) is 5.75 Å². The van der Waals surface area contributed by atoms with Crippen LogP contribution in [-0.2, 0) is 0 Å². The van der Waals surface area contributed by atoms with E-state index in [9.17, 15) is 0 Å². The fourth-order valence-corrected chi connectivity index (χ4v) is 3.64. The minimum atomic E-state index is 0.483. The van der Waals surface area contributed by atoms with Crippen LogP contribution in [0.2, 0.25) is 0 Å². The summed E-state index contributed by atoms with van der Waals surface area (Å²) in [6, 6.07) is 8.16. The van der Waals surface area contributed by atoms with E-state index in [1.807, 2.05) is 44.2 Å². The van der Waals surface area contributed by atoms with Crippen LogP contribution >= 0.6 is 0 Å². The van der Waals surface area contributed by atoms with E-state index in [0.717, 1.165) is 46.1 Å². The Hall–Kier alpha value is -3.14. The SMILES string of the molecule is C=C/C=C(\C=C/C)COc1cccc(/C(=C/CC2CCC2)c2c(C)ncnc2N)c1. The highest BCUT2D eigenvalue weighted by atomic mass is 16.5. The number of ether oxygens (including phenoxy) is 1. The summed E-state index contributed by atoms with van der Waals surface area (Å²) in [5, 5.41) is 0. The van der Waals surface area contributed by atoms with Crippen molar-refractivity contribution in [3.05, 3.63) is 89.9 Å². The first-order chi connectivity index (χ1) is 14.6. The Labute approximate surface area is 179 Å². The van der Waals surface area contributed by atoms with Crippen LogP contribution in [0.15, 0.2) is 73.1 Å². The summed E-state index contributed by atoms with van der Waals surface area (Å²) in [6.07, 6.45) is 16.6. The van der Waals surface area contributed by atoms with Crippen molar-refractivity contribution in [2.75, 3.05) is 12.3 Å². The van der Waals surface area contributed by atoms with E-state index in [-0.39, 0.29) is 0 Å². The van der Waals surface area contributed by atoms with Crippen LogP contribution in [-0.4, -0.2) is 16.6 Å². The van der Waals surface area contributed by atoms with E-state index >= 15 is 0 Å². The Balaban J connectivity index is 1.91. The third-order valence-electron chi connectivity index (χ3n) is 5.48. The third-order valence-corrected chi connectivity index (χ3v) is 5.48. The molecule has 30 heavy (non-hydrogen) atoms. The number of hydrogen-bond donors (Lipinski definition) is 1. The van der Waals surface area contributed by atoms with Gasteiger partial charge in [-0.05, 0) is 55.0 Å². The van der Waals surface area contributed by atoms with Gasteiger partial charge in [0.05, 0.1) is 5.69 Å². The molecule has 0 bridgehead atoms. The maximum atomic E-state index is 6.27. The van der Waals surface area contributed by atoms with Crippen LogP contribution in [0, 0.1) is 12.8 Å². The minimum Gasteiger partial charge on any atom is -0.489 e. The van der Waals surface area contributed by atoms with E-state index in [4.69, 9.17) is 10.5 Å². The molecule has 3 rings (SSSR count). The molecular formula is C26H31N3O. The van der Waals surface area contributed by atoms with Crippen molar-refractivity contribution in [3.63, 3.8) is 0 Å². The van der Waals surface area contributed by atoms with Gasteiger partial charge in [0.1, 0.15) is 24.5 Å². The zero-order chi connectivity index (χ0) is 21.3. The number of nitrogens with zero attached hydrogens (tertiary/aromatic N) is 2. The normalized spacial score (nSPS) is 15.3. The molecule has 0 saturated heterocycles. The molecule has 0 amide bonds. The van der Waals surface area contributed by atoms with Crippen LogP contribution in [0.3, 0.4) is 0 Å². The van der Waals surface area contributed by atoms with Gasteiger partial charge in [0.15, 0.2) is 0 Å². The second-order valence-electron chi connectivity index (χ2n) is 7.66. The lowest BCUT2D eigenvalue weighted by Gasteiger charge is -2.24. The second kappa shape index (κ2) is 10.6. The molecule has 1 aromatic carbocycles. The molecule has 0 aliphatic heterocycles. The lowest BCUT2D eigenvalue weighted by Crippen LogP contribution is -2.10. The summed E-state index contributed by atoms with van der Waals surface area (Å²) in [4.78, 5) is 8.62. The van der Waals surface area contributed by atoms with Crippen molar-refractivity contribution in [1.29, 1.82) is 0 Å². The summed E-state index contributed by atoms with van der Waals surface area (Å²) in [6.45, 7) is 8.23. The molecule has 0 radical (unpaired) electrons. The first-order valence-electron chi connectivity index (χ1n) is 10.6. The molecule has 1 fully saturated rings. The van der Waals surface area contributed by atoms with Crippen molar-refractivity contribution in [1.82, 2.24) is 9.97 Å². The van der Waals surface area contributed by atoms with Crippen molar-refractivity contribution >= 4 is 11.4 Å². The van der Waals surface area contributed by atoms with Gasteiger partial charge in [-0.1, -0.05) is 68.4 Å². The molecule has 2 aromatic rings. The molecule has 156 valence electrons. The van der Waals surface area contributed by atoms with Crippen molar-refractivity contribution < 1.29 is 4.74 Å². The molecular weight excluding hydrogens is 370 g/mol. The predicted octanol–water partition coefficient (Wildman–Crippen LogP) is 6.06. The van der Waals surface area contributed by atoms with Crippen molar-refractivity contribution in [3.8, 4) is 5.75 Å². The van der Waals surface area contributed by atoms with Gasteiger partial charge in [-0.2, -0.15) is 0 Å². The number of benzene rings is 1. The quantitative estimate of drug-likeness (QED) is 0.519. The van der Waals surface area contributed by atoms with Gasteiger partial charge in [-0.15, -0.1) is 0 Å². The molecule has 4 heteroatoms. The molecule has 1 aromatic heterocycles. The first-order valence-corrected chi connectivity index (χ1v) is 10.6. The molecule has 2 N–H and O–H groups in total. The smallest absolute Gasteiger partial charge is 0.134 e. The highest BCUT2D eigenvalue weighted by molar-refractivity contribution is 5.85. The number of allylic oxidation sites excluding steroid dienone is 4. The molecule has 4 nitrogen and oxygen atoms in total. The highest BCUT2D eigenvalue weighted by Crippen LogP contribution is 2.35. The number of hydrogen-bond acceptors (Lipinski definition) is 4. The summed E-state index contributed by atoms with van der Waals surface area (Å²) in [5.41, 5.74) is 11.3. The first kappa shape index (κ1) is 21.6. The summed E-state index contributed by atoms with van der Waals surface area (Å²) >= 11 is 0. The van der Waals surface area contributed by atoms with Crippen LogP contribution in [0.1, 0.15) is 49.4 Å². The van der Waals surface area contributed by atoms with Crippen LogP contribution < -0.4 is 10.5 Å². The van der Waals surface area contributed by atoms with Gasteiger partial charge < -0.3 is 10.5 Å². The average molecular weight is 402 g/mol. The zero-order valence-electron chi connectivity index (χ0n) is 18.0. The minimum absolute atomic E-state index is 0.483. The van der Waals surface area contributed by atoms with E-state index < -0.39 is 0 Å². The van der Waals surface area contributed by atoms with Gasteiger partial charge in [-0.3, -0.25) is 0 Å². The fraction of sp³-hybridized carbons (Fsp3) is 0.308. The van der Waals surface area contributed by atoms with Gasteiger partial charge in [0, 0.05) is 5.56 Å². The Morgan fingerprint density at radius 2 is 2.13 bits per heavy atom. The van der Waals surface area contributed by atoms with E-state index in [0.29, 0.717) is 12.4 Å². The Bertz CT molecular complexity index is 948. The highest BCUT2D eigenvalue weighted by Gasteiger charge is 2.19. The molecule has 1 saturated carbocycles. The molecule has 1 aliphatic rings. The molecule has 0 spiro atoms. The number of nitrogen functional groups attached to an aromatic ring is 1. The van der Waals surface area contributed by atoms with Gasteiger partial charge >= 0.3 is 0 Å². The van der Waals surface area contributed by atoms with Gasteiger partial charge in [0.2, 0.25) is 0 Å². The fourth-order valence-electron chi connectivity index (χ4n) is 3.64. The molecule has 1 heterocycles. The summed E-state index contributed by atoms with van der Waals surface area (Å²) in [7, 11) is 0. The van der Waals surface area contributed by atoms with Crippen LogP contribution in [0.4, 0.5) is 5.82 Å². The van der Waals surface area contributed by atoms with E-state index in [1.165, 1.54) is 25.6 Å². The molecule has 0 unspecified atom stereocenters. The second-order valence-corrected chi connectivity index (χ2v) is 7.66. The van der Waals surface area contributed by atoms with E-state index in [2.05, 4.69) is 34.8 Å². The lowest BCUT2D eigenvalue weighted by atomic mass is 9.82. The molecule has 0 atom stereocenters. The third kappa shape index (κ3) is 5.47. The maximum absolute atomic E-state index is 6.27. The van der Waals surface area contributed by atoms with Gasteiger partial charge in [0.25, 0.3) is 0 Å². The van der Waals surface area contributed by atoms with Crippen LogP contribution in [0.25, 0.3) is 5.57 Å². The average Bonchev–Trinajstić information content (AvgIpc) is 2.70. The number of aryl methyl sites for hydroxylation is 1. The predicted molar refractivity (Wildman–Crippen MR) is 125 cm³/mol. The number of rotatable bonds is 9. The maximum Gasteiger partial charge on any atom is 0.134 e. The molecule has 1 aliphatic carbocycles. The Morgan fingerprint density at radius 3 is 2.80 bits per heavy atom. The topological polar surface area (TPSA) is 61.0 Å². The number of anilines is 1. The van der Waals surface area contributed by atoms with E-state index in [1.54, 1.807) is 6.08 Å². The Kier molecular flexibility index (Phi) is 7.61. The largest absolute Gasteiger partial charge is 0.489 e. The standard InChI is InChI=1S/C26H31N3O/c1-4-8-21(9-5-2)17-30-23-13-7-12-22(16-23)24(15-14-20-10-6-11-20)25-19(3)28-18-29-26(25)27/h4-5,7-9,12-13,15-16,18,20H,1,6,10-11,14,17H2,2-3H3,(H2,27,28,29)/b9-5-,21-8+,24-15-. The zero-order valence-corrected chi connectivity index (χ0v) is 18.0. The summed E-state index contributed by atoms with van der Waals surface area (Å²) < 4.78 is 6.06. The van der Waals surface area contributed by atoms with Crippen molar-refractivity contribution in [2.45, 2.75) is 39.5 Å². The monoisotopic (exact) mass is 401 g/mol. The van der Waals surface area contributed by atoms with Gasteiger partial charge in [-0.25, -0.2) is 9.97 Å². The van der Waals surface area contributed by atoms with Crippen molar-refractivity contribution in [2.24, 2.45) is 5.92 Å².